The third-order valence-corrected chi connectivity index (χ3v) is 5.81. The van der Waals surface area contributed by atoms with Crippen molar-refractivity contribution in [1.29, 1.82) is 0 Å². The molecule has 0 spiro atoms. The lowest BCUT2D eigenvalue weighted by atomic mass is 10.00. The first kappa shape index (κ1) is 15.2. The van der Waals surface area contributed by atoms with E-state index in [1.54, 1.807) is 4.31 Å². The maximum atomic E-state index is 12.3. The van der Waals surface area contributed by atoms with Gasteiger partial charge in [-0.05, 0) is 50.1 Å². The molecule has 0 aromatic rings. The van der Waals surface area contributed by atoms with Crippen LogP contribution in [-0.4, -0.2) is 45.4 Å². The molecule has 19 heavy (non-hydrogen) atoms. The molecule has 0 amide bonds. The fraction of sp³-hybridized carbons (Fsp3) is 1.00. The SMILES string of the molecule is CCNCC1CCCN(S(=O)(=O)NCC2(C)CC2)C1. The second-order valence-corrected chi connectivity index (χ2v) is 8.07. The fourth-order valence-corrected chi connectivity index (χ4v) is 4.00. The molecular weight excluding hydrogens is 262 g/mol. The molecule has 2 aliphatic rings. The highest BCUT2D eigenvalue weighted by Gasteiger charge is 2.39. The normalized spacial score (nSPS) is 27.4. The highest BCUT2D eigenvalue weighted by Crippen LogP contribution is 2.44. The second kappa shape index (κ2) is 6.08. The highest BCUT2D eigenvalue weighted by molar-refractivity contribution is 7.87. The van der Waals surface area contributed by atoms with Crippen molar-refractivity contribution < 1.29 is 8.42 Å². The lowest BCUT2D eigenvalue weighted by Crippen LogP contribution is -2.48. The van der Waals surface area contributed by atoms with Crippen LogP contribution >= 0.6 is 0 Å². The topological polar surface area (TPSA) is 61.4 Å². The zero-order valence-corrected chi connectivity index (χ0v) is 12.9. The monoisotopic (exact) mass is 289 g/mol. The van der Waals surface area contributed by atoms with Crippen LogP contribution in [-0.2, 0) is 10.2 Å². The van der Waals surface area contributed by atoms with E-state index in [0.29, 0.717) is 25.6 Å². The fourth-order valence-electron chi connectivity index (χ4n) is 2.51. The number of hydrogen-bond acceptors (Lipinski definition) is 3. The average molecular weight is 289 g/mol. The van der Waals surface area contributed by atoms with E-state index < -0.39 is 10.2 Å². The molecule has 1 aliphatic heterocycles. The van der Waals surface area contributed by atoms with Gasteiger partial charge in [-0.1, -0.05) is 13.8 Å². The zero-order valence-electron chi connectivity index (χ0n) is 12.1. The molecule has 0 aromatic heterocycles. The summed E-state index contributed by atoms with van der Waals surface area (Å²) in [6.45, 7) is 7.98. The summed E-state index contributed by atoms with van der Waals surface area (Å²) in [6.07, 6.45) is 4.36. The minimum Gasteiger partial charge on any atom is -0.317 e. The number of hydrogen-bond donors (Lipinski definition) is 2. The van der Waals surface area contributed by atoms with Crippen LogP contribution in [0.15, 0.2) is 0 Å². The number of rotatable bonds is 7. The summed E-state index contributed by atoms with van der Waals surface area (Å²) in [5.41, 5.74) is 0.214. The van der Waals surface area contributed by atoms with Gasteiger partial charge in [0.05, 0.1) is 0 Å². The van der Waals surface area contributed by atoms with Crippen LogP contribution in [0.5, 0.6) is 0 Å². The zero-order chi connectivity index (χ0) is 13.9. The molecule has 1 atom stereocenters. The summed E-state index contributed by atoms with van der Waals surface area (Å²) in [4.78, 5) is 0. The Balaban J connectivity index is 1.84. The summed E-state index contributed by atoms with van der Waals surface area (Å²) < 4.78 is 29.0. The minimum absolute atomic E-state index is 0.214. The van der Waals surface area contributed by atoms with Crippen molar-refractivity contribution >= 4 is 10.2 Å². The van der Waals surface area contributed by atoms with Crippen LogP contribution in [0.2, 0.25) is 0 Å². The van der Waals surface area contributed by atoms with E-state index in [9.17, 15) is 8.42 Å². The van der Waals surface area contributed by atoms with Crippen molar-refractivity contribution in [3.8, 4) is 0 Å². The first-order chi connectivity index (χ1) is 8.95. The van der Waals surface area contributed by atoms with Crippen molar-refractivity contribution in [3.05, 3.63) is 0 Å². The Morgan fingerprint density at radius 3 is 2.74 bits per heavy atom. The molecule has 1 saturated carbocycles. The third kappa shape index (κ3) is 4.41. The average Bonchev–Trinajstić information content (AvgIpc) is 3.13. The smallest absolute Gasteiger partial charge is 0.279 e. The van der Waals surface area contributed by atoms with Gasteiger partial charge >= 0.3 is 0 Å². The predicted octanol–water partition coefficient (Wildman–Crippen LogP) is 0.942. The maximum Gasteiger partial charge on any atom is 0.279 e. The molecule has 1 aliphatic carbocycles. The molecule has 112 valence electrons. The van der Waals surface area contributed by atoms with Crippen LogP contribution in [0, 0.1) is 11.3 Å². The van der Waals surface area contributed by atoms with Crippen molar-refractivity contribution in [1.82, 2.24) is 14.3 Å². The molecule has 6 heteroatoms. The number of nitrogens with zero attached hydrogens (tertiary/aromatic N) is 1. The molecule has 1 saturated heterocycles. The molecule has 5 nitrogen and oxygen atoms in total. The van der Waals surface area contributed by atoms with Gasteiger partial charge < -0.3 is 5.32 Å². The Hall–Kier alpha value is -0.170. The van der Waals surface area contributed by atoms with E-state index in [1.807, 2.05) is 0 Å². The van der Waals surface area contributed by atoms with Gasteiger partial charge in [0.15, 0.2) is 0 Å². The molecular formula is C13H27N3O2S. The first-order valence-corrected chi connectivity index (χ1v) is 8.85. The number of piperidine rings is 1. The summed E-state index contributed by atoms with van der Waals surface area (Å²) in [5, 5.41) is 3.31. The van der Waals surface area contributed by atoms with Gasteiger partial charge in [-0.25, -0.2) is 4.72 Å². The van der Waals surface area contributed by atoms with Gasteiger partial charge in [0.25, 0.3) is 10.2 Å². The molecule has 2 rings (SSSR count). The Morgan fingerprint density at radius 1 is 1.37 bits per heavy atom. The first-order valence-electron chi connectivity index (χ1n) is 7.41. The molecule has 1 heterocycles. The van der Waals surface area contributed by atoms with Crippen molar-refractivity contribution in [2.75, 3.05) is 32.7 Å². The largest absolute Gasteiger partial charge is 0.317 e. The van der Waals surface area contributed by atoms with Crippen molar-refractivity contribution in [2.45, 2.75) is 39.5 Å². The van der Waals surface area contributed by atoms with Crippen LogP contribution in [0.25, 0.3) is 0 Å². The lowest BCUT2D eigenvalue weighted by molar-refractivity contribution is 0.258. The van der Waals surface area contributed by atoms with E-state index in [4.69, 9.17) is 0 Å². The van der Waals surface area contributed by atoms with E-state index >= 15 is 0 Å². The van der Waals surface area contributed by atoms with E-state index in [-0.39, 0.29) is 5.41 Å². The molecule has 0 bridgehead atoms. The minimum atomic E-state index is -3.28. The van der Waals surface area contributed by atoms with Crippen LogP contribution in [0.1, 0.15) is 39.5 Å². The van der Waals surface area contributed by atoms with Gasteiger partial charge in [-0.2, -0.15) is 12.7 Å². The van der Waals surface area contributed by atoms with Crippen LogP contribution < -0.4 is 10.0 Å². The van der Waals surface area contributed by atoms with Crippen molar-refractivity contribution in [3.63, 3.8) is 0 Å². The van der Waals surface area contributed by atoms with Crippen molar-refractivity contribution in [2.24, 2.45) is 11.3 Å². The lowest BCUT2D eigenvalue weighted by Gasteiger charge is -2.32. The third-order valence-electron chi connectivity index (χ3n) is 4.29. The molecule has 0 aromatic carbocycles. The molecule has 0 radical (unpaired) electrons. The Morgan fingerprint density at radius 2 is 2.11 bits per heavy atom. The standard InChI is InChI=1S/C13H27N3O2S/c1-3-14-9-12-5-4-8-16(10-12)19(17,18)15-11-13(2)6-7-13/h12,14-15H,3-11H2,1-2H3. The van der Waals surface area contributed by atoms with Gasteiger partial charge in [0, 0.05) is 19.6 Å². The van der Waals surface area contributed by atoms with Gasteiger partial charge in [-0.15, -0.1) is 0 Å². The van der Waals surface area contributed by atoms with Crippen LogP contribution in [0.4, 0.5) is 0 Å². The quantitative estimate of drug-likeness (QED) is 0.733. The van der Waals surface area contributed by atoms with Gasteiger partial charge in [-0.3, -0.25) is 0 Å². The predicted molar refractivity (Wildman–Crippen MR) is 77.1 cm³/mol. The molecule has 2 N–H and O–H groups in total. The Kier molecular flexibility index (Phi) is 4.87. The van der Waals surface area contributed by atoms with E-state index in [2.05, 4.69) is 23.9 Å². The summed E-state index contributed by atoms with van der Waals surface area (Å²) in [6, 6.07) is 0. The van der Waals surface area contributed by atoms with E-state index in [1.165, 1.54) is 0 Å². The highest BCUT2D eigenvalue weighted by atomic mass is 32.2. The second-order valence-electron chi connectivity index (χ2n) is 6.31. The van der Waals surface area contributed by atoms with Gasteiger partial charge in [0.1, 0.15) is 0 Å². The van der Waals surface area contributed by atoms with Gasteiger partial charge in [0.2, 0.25) is 0 Å². The van der Waals surface area contributed by atoms with E-state index in [0.717, 1.165) is 38.8 Å². The summed E-state index contributed by atoms with van der Waals surface area (Å²) >= 11 is 0. The summed E-state index contributed by atoms with van der Waals surface area (Å²) in [5.74, 6) is 0.446. The Bertz CT molecular complexity index is 393. The maximum absolute atomic E-state index is 12.3. The summed E-state index contributed by atoms with van der Waals surface area (Å²) in [7, 11) is -3.28. The molecule has 1 unspecified atom stereocenters. The Labute approximate surface area is 117 Å². The molecule has 2 fully saturated rings. The van der Waals surface area contributed by atoms with Crippen LogP contribution in [0.3, 0.4) is 0 Å². The number of nitrogens with one attached hydrogen (secondary N) is 2.